The molecule has 1 fully saturated rings. The number of hydrazone groups is 1. The molecule has 1 saturated heterocycles. The molecule has 2 atom stereocenters. The second-order valence-electron chi connectivity index (χ2n) is 7.62. The highest BCUT2D eigenvalue weighted by Crippen LogP contribution is 2.42. The van der Waals surface area contributed by atoms with Gasteiger partial charge in [0.1, 0.15) is 5.71 Å². The van der Waals surface area contributed by atoms with E-state index in [-0.39, 0.29) is 18.0 Å². The third kappa shape index (κ3) is 4.86. The number of amides is 1. The topological polar surface area (TPSA) is 47.9 Å². The Morgan fingerprint density at radius 3 is 2.67 bits per heavy atom. The van der Waals surface area contributed by atoms with Crippen LogP contribution in [0.15, 0.2) is 39.2 Å². The molecule has 0 saturated carbocycles. The van der Waals surface area contributed by atoms with Crippen LogP contribution in [0.2, 0.25) is 10.0 Å². The van der Waals surface area contributed by atoms with E-state index in [0.717, 1.165) is 40.2 Å². The van der Waals surface area contributed by atoms with Gasteiger partial charge < -0.3 is 0 Å². The molecular formula is C21H23BrCl2N4OS. The molecule has 0 bridgehead atoms. The summed E-state index contributed by atoms with van der Waals surface area (Å²) in [5.41, 5.74) is 4.53. The van der Waals surface area contributed by atoms with E-state index in [1.54, 1.807) is 17.4 Å². The van der Waals surface area contributed by atoms with Gasteiger partial charge in [-0.25, -0.2) is 5.01 Å². The number of hydrogen-bond acceptors (Lipinski definition) is 5. The highest BCUT2D eigenvalue weighted by atomic mass is 79.9. The molecule has 2 aromatic rings. The van der Waals surface area contributed by atoms with Gasteiger partial charge >= 0.3 is 0 Å². The molecule has 1 aromatic carbocycles. The van der Waals surface area contributed by atoms with Crippen molar-refractivity contribution in [1.82, 2.24) is 15.4 Å². The predicted molar refractivity (Wildman–Crippen MR) is 127 cm³/mol. The minimum atomic E-state index is -0.116. The molecule has 2 aliphatic heterocycles. The van der Waals surface area contributed by atoms with E-state index in [2.05, 4.69) is 34.3 Å². The zero-order valence-corrected chi connectivity index (χ0v) is 20.5. The molecule has 5 nitrogen and oxygen atoms in total. The maximum Gasteiger partial charge on any atom is 0.281 e. The van der Waals surface area contributed by atoms with Crippen LogP contribution in [-0.4, -0.2) is 34.7 Å². The molecule has 3 heterocycles. The summed E-state index contributed by atoms with van der Waals surface area (Å²) in [5.74, 6) is -0.116. The average molecular weight is 530 g/mol. The Morgan fingerprint density at radius 1 is 1.23 bits per heavy atom. The van der Waals surface area contributed by atoms with Gasteiger partial charge in [-0.3, -0.25) is 15.2 Å². The van der Waals surface area contributed by atoms with Crippen molar-refractivity contribution < 1.29 is 4.79 Å². The molecule has 0 radical (unpaired) electrons. The minimum absolute atomic E-state index is 0.0230. The van der Waals surface area contributed by atoms with Gasteiger partial charge in [0.2, 0.25) is 0 Å². The van der Waals surface area contributed by atoms with Crippen LogP contribution in [0.5, 0.6) is 0 Å². The molecule has 9 heteroatoms. The standard InChI is InChI=1S/C21H23BrCl2N4OS/c1-13(15-6-5-14(23)11-16(15)24)28-18(19-7-8-20(22)30-19)12-17(25-28)21(29)26-27-9-3-2-4-10-27/h5-8,11,13,18H,2-4,9-10,12H2,1H3,(H,26,29). The summed E-state index contributed by atoms with van der Waals surface area (Å²) in [6.07, 6.45) is 3.99. The fourth-order valence-corrected chi connectivity index (χ4v) is 6.04. The van der Waals surface area contributed by atoms with Gasteiger partial charge in [-0.2, -0.15) is 5.10 Å². The number of rotatable bonds is 5. The summed E-state index contributed by atoms with van der Waals surface area (Å²) in [4.78, 5) is 14.1. The number of nitrogens with one attached hydrogen (secondary N) is 1. The molecule has 2 unspecified atom stereocenters. The molecule has 160 valence electrons. The largest absolute Gasteiger partial charge is 0.284 e. The summed E-state index contributed by atoms with van der Waals surface area (Å²) in [7, 11) is 0. The molecule has 30 heavy (non-hydrogen) atoms. The number of nitrogens with zero attached hydrogens (tertiary/aromatic N) is 3. The highest BCUT2D eigenvalue weighted by molar-refractivity contribution is 9.11. The Hall–Kier alpha value is -1.12. The zero-order valence-electron chi connectivity index (χ0n) is 16.6. The lowest BCUT2D eigenvalue weighted by atomic mass is 10.0. The van der Waals surface area contributed by atoms with Crippen molar-refractivity contribution in [3.63, 3.8) is 0 Å². The summed E-state index contributed by atoms with van der Waals surface area (Å²) in [6, 6.07) is 9.49. The Labute approximate surface area is 199 Å². The monoisotopic (exact) mass is 528 g/mol. The number of thiophene rings is 1. The SMILES string of the molecule is CC(c1ccc(Cl)cc1Cl)N1N=C(C(=O)NN2CCCCC2)CC1c1ccc(Br)s1. The van der Waals surface area contributed by atoms with Crippen molar-refractivity contribution in [2.24, 2.45) is 5.10 Å². The van der Waals surface area contributed by atoms with Crippen molar-refractivity contribution in [3.8, 4) is 0 Å². The van der Waals surface area contributed by atoms with Crippen LogP contribution in [0.25, 0.3) is 0 Å². The molecule has 0 aliphatic carbocycles. The van der Waals surface area contributed by atoms with Gasteiger partial charge in [-0.05, 0) is 65.5 Å². The minimum Gasteiger partial charge on any atom is -0.284 e. The number of hydrogen-bond donors (Lipinski definition) is 1. The summed E-state index contributed by atoms with van der Waals surface area (Å²) >= 11 is 17.8. The molecule has 2 aliphatic rings. The van der Waals surface area contributed by atoms with Crippen molar-refractivity contribution in [1.29, 1.82) is 0 Å². The van der Waals surface area contributed by atoms with Crippen molar-refractivity contribution in [2.45, 2.75) is 44.7 Å². The van der Waals surface area contributed by atoms with Crippen LogP contribution in [0.1, 0.15) is 55.1 Å². The van der Waals surface area contributed by atoms with E-state index in [0.29, 0.717) is 22.2 Å². The number of piperidine rings is 1. The summed E-state index contributed by atoms with van der Waals surface area (Å²) in [6.45, 7) is 3.83. The lowest BCUT2D eigenvalue weighted by Gasteiger charge is -2.30. The first-order valence-corrected chi connectivity index (χ1v) is 12.4. The Bertz CT molecular complexity index is 960. The normalized spacial score (nSPS) is 20.9. The van der Waals surface area contributed by atoms with Crippen LogP contribution in [-0.2, 0) is 4.79 Å². The van der Waals surface area contributed by atoms with Gasteiger partial charge in [0.15, 0.2) is 0 Å². The van der Waals surface area contributed by atoms with Gasteiger partial charge in [-0.15, -0.1) is 11.3 Å². The van der Waals surface area contributed by atoms with Crippen LogP contribution >= 0.6 is 50.5 Å². The van der Waals surface area contributed by atoms with Gasteiger partial charge in [0.05, 0.1) is 15.9 Å². The molecular weight excluding hydrogens is 507 g/mol. The Kier molecular flexibility index (Phi) is 7.05. The quantitative estimate of drug-likeness (QED) is 0.501. The lowest BCUT2D eigenvalue weighted by Crippen LogP contribution is -2.47. The number of hydrazine groups is 1. The van der Waals surface area contributed by atoms with Crippen LogP contribution in [0, 0.1) is 0 Å². The number of carbonyl (C=O) groups is 1. The molecule has 0 spiro atoms. The zero-order chi connectivity index (χ0) is 21.3. The first kappa shape index (κ1) is 22.1. The van der Waals surface area contributed by atoms with E-state index in [1.165, 1.54) is 6.42 Å². The predicted octanol–water partition coefficient (Wildman–Crippen LogP) is 6.20. The Morgan fingerprint density at radius 2 is 2.00 bits per heavy atom. The maximum absolute atomic E-state index is 13.0. The maximum atomic E-state index is 13.0. The highest BCUT2D eigenvalue weighted by Gasteiger charge is 2.36. The van der Waals surface area contributed by atoms with Crippen molar-refractivity contribution in [3.05, 3.63) is 54.6 Å². The van der Waals surface area contributed by atoms with Crippen LogP contribution < -0.4 is 5.43 Å². The van der Waals surface area contributed by atoms with E-state index >= 15 is 0 Å². The van der Waals surface area contributed by atoms with Crippen LogP contribution in [0.3, 0.4) is 0 Å². The second kappa shape index (κ2) is 9.57. The molecule has 1 N–H and O–H groups in total. The van der Waals surface area contributed by atoms with E-state index in [1.807, 2.05) is 28.2 Å². The van der Waals surface area contributed by atoms with Gasteiger partial charge in [-0.1, -0.05) is 35.7 Å². The number of halogens is 3. The molecule has 1 aromatic heterocycles. The summed E-state index contributed by atoms with van der Waals surface area (Å²) in [5, 5.41) is 9.97. The second-order valence-corrected chi connectivity index (χ2v) is 11.0. The molecule has 1 amide bonds. The van der Waals surface area contributed by atoms with E-state index in [4.69, 9.17) is 28.3 Å². The lowest BCUT2D eigenvalue weighted by molar-refractivity contribution is -0.119. The van der Waals surface area contributed by atoms with Crippen molar-refractivity contribution in [2.75, 3.05) is 13.1 Å². The smallest absolute Gasteiger partial charge is 0.281 e. The number of benzene rings is 1. The van der Waals surface area contributed by atoms with Gasteiger partial charge in [0.25, 0.3) is 5.91 Å². The first-order valence-electron chi connectivity index (χ1n) is 10.0. The fraction of sp³-hybridized carbons (Fsp3) is 0.429. The third-order valence-electron chi connectivity index (χ3n) is 5.55. The van der Waals surface area contributed by atoms with E-state index in [9.17, 15) is 4.79 Å². The third-order valence-corrected chi connectivity index (χ3v) is 7.84. The van der Waals surface area contributed by atoms with Gasteiger partial charge in [0, 0.05) is 34.4 Å². The Balaban J connectivity index is 1.60. The summed E-state index contributed by atoms with van der Waals surface area (Å²) < 4.78 is 1.06. The van der Waals surface area contributed by atoms with E-state index < -0.39 is 0 Å². The van der Waals surface area contributed by atoms with Crippen molar-refractivity contribution >= 4 is 62.1 Å². The average Bonchev–Trinajstić information content (AvgIpc) is 3.35. The van der Waals surface area contributed by atoms with Crippen LogP contribution in [0.4, 0.5) is 0 Å². The molecule has 4 rings (SSSR count). The fourth-order valence-electron chi connectivity index (χ4n) is 3.96. The first-order chi connectivity index (χ1) is 14.4. The number of carbonyl (C=O) groups excluding carboxylic acids is 1.